The number of ether oxygens (including phenoxy) is 6. The fourth-order valence-electron chi connectivity index (χ4n) is 4.00. The van der Waals surface area contributed by atoms with E-state index in [1.165, 1.54) is 0 Å². The molecule has 0 saturated heterocycles. The molecule has 0 aliphatic heterocycles. The van der Waals surface area contributed by atoms with Crippen molar-refractivity contribution < 1.29 is 28.4 Å². The summed E-state index contributed by atoms with van der Waals surface area (Å²) < 4.78 is 32.5. The molecular weight excluding hydrogens is 480 g/mol. The molecule has 6 nitrogen and oxygen atoms in total. The second kappa shape index (κ2) is 11.9. The third-order valence-corrected chi connectivity index (χ3v) is 5.87. The van der Waals surface area contributed by atoms with Crippen LogP contribution in [0.1, 0.15) is 22.3 Å². The molecule has 0 fully saturated rings. The monoisotopic (exact) mass is 508 g/mol. The molecule has 0 unspecified atom stereocenters. The van der Waals surface area contributed by atoms with Crippen LogP contribution in [0.3, 0.4) is 0 Å². The van der Waals surface area contributed by atoms with Crippen molar-refractivity contribution in [3.63, 3.8) is 0 Å². The Kier molecular flexibility index (Phi) is 8.16. The summed E-state index contributed by atoms with van der Waals surface area (Å²) in [4.78, 5) is 0. The first kappa shape index (κ1) is 26.1. The van der Waals surface area contributed by atoms with Crippen LogP contribution in [0, 0.1) is 23.7 Å². The molecule has 38 heavy (non-hydrogen) atoms. The molecule has 0 heterocycles. The molecule has 192 valence electrons. The van der Waals surface area contributed by atoms with Crippen LogP contribution in [0.2, 0.25) is 0 Å². The van der Waals surface area contributed by atoms with E-state index in [0.29, 0.717) is 34.5 Å². The lowest BCUT2D eigenvalue weighted by molar-refractivity contribution is 0.324. The minimum Gasteiger partial charge on any atom is -0.493 e. The van der Waals surface area contributed by atoms with Crippen LogP contribution in [0.4, 0.5) is 0 Å². The number of methoxy groups -OCH3 is 6. The van der Waals surface area contributed by atoms with E-state index in [9.17, 15) is 0 Å². The first-order valence-corrected chi connectivity index (χ1v) is 11.7. The Hall–Kier alpha value is -4.94. The Morgan fingerprint density at radius 2 is 0.711 bits per heavy atom. The van der Waals surface area contributed by atoms with Crippen molar-refractivity contribution in [2.75, 3.05) is 42.7 Å². The zero-order valence-corrected chi connectivity index (χ0v) is 22.2. The molecule has 4 rings (SSSR count). The Balaban J connectivity index is 1.65. The van der Waals surface area contributed by atoms with Gasteiger partial charge in [-0.25, -0.2) is 0 Å². The molecule has 0 aromatic heterocycles. The van der Waals surface area contributed by atoms with Crippen molar-refractivity contribution >= 4 is 10.8 Å². The largest absolute Gasteiger partial charge is 0.493 e. The van der Waals surface area contributed by atoms with Gasteiger partial charge in [-0.15, -0.1) is 0 Å². The molecule has 0 aliphatic rings. The summed E-state index contributed by atoms with van der Waals surface area (Å²) in [5, 5.41) is 2.14. The lowest BCUT2D eigenvalue weighted by Crippen LogP contribution is -1.95. The van der Waals surface area contributed by atoms with Crippen molar-refractivity contribution in [2.45, 2.75) is 0 Å². The van der Waals surface area contributed by atoms with Crippen LogP contribution < -0.4 is 28.4 Å². The molecule has 0 spiro atoms. The van der Waals surface area contributed by atoms with Crippen LogP contribution in [0.25, 0.3) is 10.8 Å². The van der Waals surface area contributed by atoms with Gasteiger partial charge in [-0.05, 0) is 59.3 Å². The van der Waals surface area contributed by atoms with Gasteiger partial charge in [0.05, 0.1) is 42.7 Å². The quantitative estimate of drug-likeness (QED) is 0.312. The van der Waals surface area contributed by atoms with Gasteiger partial charge in [0, 0.05) is 22.3 Å². The van der Waals surface area contributed by atoms with Gasteiger partial charge in [0.1, 0.15) is 0 Å². The highest BCUT2D eigenvalue weighted by molar-refractivity contribution is 5.85. The first-order valence-electron chi connectivity index (χ1n) is 11.7. The van der Waals surface area contributed by atoms with E-state index in [2.05, 4.69) is 23.7 Å². The second-order valence-electron chi connectivity index (χ2n) is 8.10. The minimum atomic E-state index is 0.534. The molecule has 0 radical (unpaired) electrons. The zero-order chi connectivity index (χ0) is 27.1. The van der Waals surface area contributed by atoms with E-state index in [4.69, 9.17) is 28.4 Å². The molecule has 0 amide bonds. The van der Waals surface area contributed by atoms with Gasteiger partial charge in [-0.1, -0.05) is 35.8 Å². The van der Waals surface area contributed by atoms with Crippen LogP contribution in [0.15, 0.2) is 60.7 Å². The van der Waals surface area contributed by atoms with E-state index >= 15 is 0 Å². The van der Waals surface area contributed by atoms with Gasteiger partial charge in [0.15, 0.2) is 23.0 Å². The van der Waals surface area contributed by atoms with E-state index in [1.54, 1.807) is 42.7 Å². The average Bonchev–Trinajstić information content (AvgIpc) is 2.97. The second-order valence-corrected chi connectivity index (χ2v) is 8.10. The van der Waals surface area contributed by atoms with Crippen molar-refractivity contribution in [3.05, 3.63) is 82.9 Å². The fraction of sp³-hybridized carbons (Fsp3) is 0.188. The molecule has 4 aromatic rings. The van der Waals surface area contributed by atoms with Crippen LogP contribution in [-0.2, 0) is 0 Å². The SMILES string of the molecule is COc1cc(C#Cc2ccc3ccc(C#Cc4cc(OC)c(OC)c(OC)c4)cc3c2)cc(OC)c1OC. The van der Waals surface area contributed by atoms with Gasteiger partial charge in [-0.3, -0.25) is 0 Å². The van der Waals surface area contributed by atoms with Gasteiger partial charge in [0.25, 0.3) is 0 Å². The third kappa shape index (κ3) is 5.56. The Morgan fingerprint density at radius 3 is 1.03 bits per heavy atom. The highest BCUT2D eigenvalue weighted by Crippen LogP contribution is 2.39. The lowest BCUT2D eigenvalue weighted by Gasteiger charge is -2.12. The molecule has 0 N–H and O–H groups in total. The summed E-state index contributed by atoms with van der Waals surface area (Å²) >= 11 is 0. The van der Waals surface area contributed by atoms with E-state index < -0.39 is 0 Å². The van der Waals surface area contributed by atoms with E-state index in [-0.39, 0.29) is 0 Å². The smallest absolute Gasteiger partial charge is 0.203 e. The Morgan fingerprint density at radius 1 is 0.368 bits per heavy atom. The van der Waals surface area contributed by atoms with Crippen molar-refractivity contribution in [1.29, 1.82) is 0 Å². The summed E-state index contributed by atoms with van der Waals surface area (Å²) in [6.07, 6.45) is 0. The average molecular weight is 509 g/mol. The maximum absolute atomic E-state index is 5.43. The molecule has 0 saturated carbocycles. The summed E-state index contributed by atoms with van der Waals surface area (Å²) in [5.74, 6) is 16.1. The normalized spacial score (nSPS) is 9.95. The number of hydrogen-bond donors (Lipinski definition) is 0. The molecule has 0 aliphatic carbocycles. The van der Waals surface area contributed by atoms with Crippen LogP contribution >= 0.6 is 0 Å². The van der Waals surface area contributed by atoms with Gasteiger partial charge in [-0.2, -0.15) is 0 Å². The maximum Gasteiger partial charge on any atom is 0.203 e. The van der Waals surface area contributed by atoms with Crippen molar-refractivity contribution in [2.24, 2.45) is 0 Å². The zero-order valence-electron chi connectivity index (χ0n) is 22.2. The van der Waals surface area contributed by atoms with E-state index in [1.807, 2.05) is 60.7 Å². The molecule has 0 atom stereocenters. The van der Waals surface area contributed by atoms with Crippen molar-refractivity contribution in [1.82, 2.24) is 0 Å². The highest BCUT2D eigenvalue weighted by atomic mass is 16.5. The highest BCUT2D eigenvalue weighted by Gasteiger charge is 2.13. The predicted octanol–water partition coefficient (Wildman–Crippen LogP) is 5.69. The van der Waals surface area contributed by atoms with Crippen LogP contribution in [0.5, 0.6) is 34.5 Å². The summed E-state index contributed by atoms with van der Waals surface area (Å²) in [7, 11) is 9.48. The minimum absolute atomic E-state index is 0.534. The van der Waals surface area contributed by atoms with E-state index in [0.717, 1.165) is 33.0 Å². The Labute approximate surface area is 223 Å². The molecule has 0 bridgehead atoms. The topological polar surface area (TPSA) is 55.4 Å². The van der Waals surface area contributed by atoms with Crippen molar-refractivity contribution in [3.8, 4) is 58.2 Å². The summed E-state index contributed by atoms with van der Waals surface area (Å²) in [6, 6.07) is 19.5. The number of hydrogen-bond acceptors (Lipinski definition) is 6. The van der Waals surface area contributed by atoms with Crippen LogP contribution in [-0.4, -0.2) is 42.7 Å². The lowest BCUT2D eigenvalue weighted by atomic mass is 10.0. The van der Waals surface area contributed by atoms with Gasteiger partial charge < -0.3 is 28.4 Å². The number of rotatable bonds is 6. The number of benzene rings is 4. The third-order valence-electron chi connectivity index (χ3n) is 5.87. The molecule has 4 aromatic carbocycles. The van der Waals surface area contributed by atoms with Gasteiger partial charge >= 0.3 is 0 Å². The fourth-order valence-corrected chi connectivity index (χ4v) is 4.00. The maximum atomic E-state index is 5.43. The number of fused-ring (bicyclic) bond motifs is 1. The molecule has 6 heteroatoms. The molecular formula is C32H28O6. The Bertz CT molecular complexity index is 1430. The van der Waals surface area contributed by atoms with Gasteiger partial charge in [0.2, 0.25) is 11.5 Å². The standard InChI is InChI=1S/C32H28O6/c1-33-27-17-23(18-28(34-2)31(27)37-5)9-7-21-11-13-25-14-12-22(16-26(25)15-21)8-10-24-19-29(35-3)32(38-6)30(20-24)36-4/h11-20H,1-6H3. The predicted molar refractivity (Wildman–Crippen MR) is 148 cm³/mol. The first-order chi connectivity index (χ1) is 18.5. The summed E-state index contributed by atoms with van der Waals surface area (Å²) in [5.41, 5.74) is 3.26. The summed E-state index contributed by atoms with van der Waals surface area (Å²) in [6.45, 7) is 0.